The van der Waals surface area contributed by atoms with Crippen molar-refractivity contribution < 1.29 is 0 Å². The predicted molar refractivity (Wildman–Crippen MR) is 65.2 cm³/mol. The van der Waals surface area contributed by atoms with E-state index in [0.29, 0.717) is 0 Å². The van der Waals surface area contributed by atoms with E-state index in [0.717, 1.165) is 21.2 Å². The van der Waals surface area contributed by atoms with E-state index in [9.17, 15) is 0 Å². The standard InChI is InChI=1S/C10H13Br2N/c1-2-3-6-13-10-5-4-8(11)7-9(10)12/h4-5,7,13H,2-3,6H2,1H3. The Morgan fingerprint density at radius 3 is 2.69 bits per heavy atom. The molecule has 0 spiro atoms. The van der Waals surface area contributed by atoms with Crippen LogP contribution in [-0.4, -0.2) is 6.54 Å². The number of halogens is 2. The minimum absolute atomic E-state index is 1.04. The monoisotopic (exact) mass is 305 g/mol. The summed E-state index contributed by atoms with van der Waals surface area (Å²) in [6, 6.07) is 6.16. The topological polar surface area (TPSA) is 12.0 Å². The summed E-state index contributed by atoms with van der Waals surface area (Å²) in [4.78, 5) is 0. The molecule has 1 aromatic rings. The van der Waals surface area contributed by atoms with Gasteiger partial charge in [0.2, 0.25) is 0 Å². The molecule has 0 aliphatic heterocycles. The van der Waals surface area contributed by atoms with Crippen LogP contribution in [0.15, 0.2) is 27.1 Å². The zero-order chi connectivity index (χ0) is 9.68. The van der Waals surface area contributed by atoms with Gasteiger partial charge in [0.15, 0.2) is 0 Å². The fourth-order valence-corrected chi connectivity index (χ4v) is 2.22. The number of nitrogens with one attached hydrogen (secondary N) is 1. The van der Waals surface area contributed by atoms with E-state index < -0.39 is 0 Å². The molecule has 1 aromatic carbocycles. The maximum absolute atomic E-state index is 3.51. The van der Waals surface area contributed by atoms with Crippen molar-refractivity contribution in [2.24, 2.45) is 0 Å². The first-order valence-electron chi connectivity index (χ1n) is 4.43. The predicted octanol–water partition coefficient (Wildman–Crippen LogP) is 4.42. The molecule has 0 fully saturated rings. The first-order valence-corrected chi connectivity index (χ1v) is 6.01. The average Bonchev–Trinajstić information content (AvgIpc) is 2.09. The summed E-state index contributed by atoms with van der Waals surface area (Å²) < 4.78 is 2.21. The fraction of sp³-hybridized carbons (Fsp3) is 0.400. The Morgan fingerprint density at radius 2 is 2.08 bits per heavy atom. The third-order valence-electron chi connectivity index (χ3n) is 1.78. The second-order valence-corrected chi connectivity index (χ2v) is 4.67. The summed E-state index contributed by atoms with van der Waals surface area (Å²) in [6.07, 6.45) is 2.43. The Bertz CT molecular complexity index is 274. The van der Waals surface area contributed by atoms with Crippen molar-refractivity contribution in [3.05, 3.63) is 27.1 Å². The number of hydrogen-bond donors (Lipinski definition) is 1. The molecule has 0 aliphatic carbocycles. The molecule has 1 N–H and O–H groups in total. The largest absolute Gasteiger partial charge is 0.384 e. The molecule has 0 aliphatic rings. The lowest BCUT2D eigenvalue weighted by atomic mass is 10.3. The number of hydrogen-bond acceptors (Lipinski definition) is 1. The molecule has 0 aromatic heterocycles. The molecule has 0 saturated heterocycles. The number of benzene rings is 1. The summed E-state index contributed by atoms with van der Waals surface area (Å²) in [5, 5.41) is 3.37. The Kier molecular flexibility index (Phi) is 4.81. The molecule has 0 heterocycles. The second-order valence-electron chi connectivity index (χ2n) is 2.90. The Balaban J connectivity index is 2.56. The maximum atomic E-state index is 3.51. The van der Waals surface area contributed by atoms with E-state index in [1.54, 1.807) is 0 Å². The molecule has 0 bridgehead atoms. The van der Waals surface area contributed by atoms with Crippen molar-refractivity contribution in [1.29, 1.82) is 0 Å². The van der Waals surface area contributed by atoms with Crippen LogP contribution in [0.1, 0.15) is 19.8 Å². The molecule has 13 heavy (non-hydrogen) atoms. The van der Waals surface area contributed by atoms with Gasteiger partial charge in [0.25, 0.3) is 0 Å². The minimum atomic E-state index is 1.04. The fourth-order valence-electron chi connectivity index (χ4n) is 1.03. The smallest absolute Gasteiger partial charge is 0.0485 e. The van der Waals surface area contributed by atoms with Crippen molar-refractivity contribution in [2.75, 3.05) is 11.9 Å². The zero-order valence-corrected chi connectivity index (χ0v) is 10.8. The van der Waals surface area contributed by atoms with E-state index in [2.05, 4.69) is 50.2 Å². The lowest BCUT2D eigenvalue weighted by Crippen LogP contribution is -2.01. The quantitative estimate of drug-likeness (QED) is 0.812. The van der Waals surface area contributed by atoms with Crippen LogP contribution in [0.2, 0.25) is 0 Å². The molecule has 0 unspecified atom stereocenters. The van der Waals surface area contributed by atoms with Gasteiger partial charge in [-0.3, -0.25) is 0 Å². The van der Waals surface area contributed by atoms with Crippen LogP contribution < -0.4 is 5.32 Å². The second kappa shape index (κ2) is 5.66. The van der Waals surface area contributed by atoms with Crippen molar-refractivity contribution in [3.8, 4) is 0 Å². The summed E-state index contributed by atoms with van der Waals surface area (Å²) >= 11 is 6.93. The molecule has 3 heteroatoms. The van der Waals surface area contributed by atoms with E-state index in [1.807, 2.05) is 12.1 Å². The lowest BCUT2D eigenvalue weighted by molar-refractivity contribution is 0.834. The summed E-state index contributed by atoms with van der Waals surface area (Å²) in [5.74, 6) is 0. The Morgan fingerprint density at radius 1 is 1.31 bits per heavy atom. The van der Waals surface area contributed by atoms with Gasteiger partial charge in [-0.05, 0) is 40.5 Å². The highest BCUT2D eigenvalue weighted by Crippen LogP contribution is 2.25. The molecule has 1 nitrogen and oxygen atoms in total. The van der Waals surface area contributed by atoms with Crippen LogP contribution in [0.3, 0.4) is 0 Å². The Labute approximate surface area is 96.2 Å². The summed E-state index contributed by atoms with van der Waals surface area (Å²) in [7, 11) is 0. The van der Waals surface area contributed by atoms with Gasteiger partial charge in [-0.15, -0.1) is 0 Å². The molecule has 0 amide bonds. The van der Waals surface area contributed by atoms with E-state index in [-0.39, 0.29) is 0 Å². The highest BCUT2D eigenvalue weighted by molar-refractivity contribution is 9.11. The molecule has 0 radical (unpaired) electrons. The molecule has 0 atom stereocenters. The van der Waals surface area contributed by atoms with Gasteiger partial charge in [-0.1, -0.05) is 29.3 Å². The van der Waals surface area contributed by atoms with Crippen LogP contribution in [-0.2, 0) is 0 Å². The molecular formula is C10H13Br2N. The van der Waals surface area contributed by atoms with Gasteiger partial charge in [-0.2, -0.15) is 0 Å². The SMILES string of the molecule is CCCCNc1ccc(Br)cc1Br. The van der Waals surface area contributed by atoms with Gasteiger partial charge in [0.05, 0.1) is 0 Å². The van der Waals surface area contributed by atoms with Crippen LogP contribution in [0, 0.1) is 0 Å². The van der Waals surface area contributed by atoms with Crippen LogP contribution in [0.4, 0.5) is 5.69 Å². The third-order valence-corrected chi connectivity index (χ3v) is 2.93. The number of unbranched alkanes of at least 4 members (excludes halogenated alkanes) is 1. The number of rotatable bonds is 4. The van der Waals surface area contributed by atoms with Crippen molar-refractivity contribution >= 4 is 37.5 Å². The molecule has 1 rings (SSSR count). The van der Waals surface area contributed by atoms with Gasteiger partial charge in [0.1, 0.15) is 0 Å². The van der Waals surface area contributed by atoms with Crippen LogP contribution in [0.25, 0.3) is 0 Å². The normalized spacial score (nSPS) is 10.1. The van der Waals surface area contributed by atoms with Crippen LogP contribution in [0.5, 0.6) is 0 Å². The van der Waals surface area contributed by atoms with E-state index in [1.165, 1.54) is 12.8 Å². The van der Waals surface area contributed by atoms with Gasteiger partial charge in [-0.25, -0.2) is 0 Å². The lowest BCUT2D eigenvalue weighted by Gasteiger charge is -2.07. The average molecular weight is 307 g/mol. The van der Waals surface area contributed by atoms with Gasteiger partial charge >= 0.3 is 0 Å². The van der Waals surface area contributed by atoms with Crippen molar-refractivity contribution in [1.82, 2.24) is 0 Å². The van der Waals surface area contributed by atoms with Gasteiger partial charge in [0, 0.05) is 21.2 Å². The first kappa shape index (κ1) is 11.1. The number of anilines is 1. The van der Waals surface area contributed by atoms with Gasteiger partial charge < -0.3 is 5.32 Å². The van der Waals surface area contributed by atoms with Crippen LogP contribution >= 0.6 is 31.9 Å². The summed E-state index contributed by atoms with van der Waals surface area (Å²) in [5.41, 5.74) is 1.16. The summed E-state index contributed by atoms with van der Waals surface area (Å²) in [6.45, 7) is 3.23. The molecule has 0 saturated carbocycles. The first-order chi connectivity index (χ1) is 6.24. The van der Waals surface area contributed by atoms with E-state index >= 15 is 0 Å². The highest BCUT2D eigenvalue weighted by atomic mass is 79.9. The maximum Gasteiger partial charge on any atom is 0.0485 e. The third kappa shape index (κ3) is 3.69. The highest BCUT2D eigenvalue weighted by Gasteiger charge is 1.98. The van der Waals surface area contributed by atoms with E-state index in [4.69, 9.17) is 0 Å². The Hall–Kier alpha value is -0.0200. The van der Waals surface area contributed by atoms with Crippen molar-refractivity contribution in [2.45, 2.75) is 19.8 Å². The zero-order valence-electron chi connectivity index (χ0n) is 7.61. The molecular weight excluding hydrogens is 294 g/mol. The minimum Gasteiger partial charge on any atom is -0.384 e. The molecule has 72 valence electrons. The van der Waals surface area contributed by atoms with Crippen molar-refractivity contribution in [3.63, 3.8) is 0 Å².